The highest BCUT2D eigenvalue weighted by molar-refractivity contribution is 6.00. The van der Waals surface area contributed by atoms with Crippen molar-refractivity contribution >= 4 is 23.6 Å². The monoisotopic (exact) mass is 617 g/mol. The first-order valence-electron chi connectivity index (χ1n) is 16.1. The molecule has 0 fully saturated rings. The topological polar surface area (TPSA) is 117 Å². The average Bonchev–Trinajstić information content (AvgIpc) is 3.43. The quantitative estimate of drug-likeness (QED) is 0.244. The lowest BCUT2D eigenvalue weighted by atomic mass is 9.93. The molecule has 0 spiro atoms. The lowest BCUT2D eigenvalue weighted by molar-refractivity contribution is 0.0544. The van der Waals surface area contributed by atoms with Crippen molar-refractivity contribution in [3.63, 3.8) is 0 Å². The Morgan fingerprint density at radius 1 is 1.04 bits per heavy atom. The van der Waals surface area contributed by atoms with Crippen molar-refractivity contribution in [3.05, 3.63) is 76.6 Å². The summed E-state index contributed by atoms with van der Waals surface area (Å²) in [6.07, 6.45) is 3.70. The maximum absolute atomic E-state index is 14.4. The van der Waals surface area contributed by atoms with Crippen molar-refractivity contribution in [3.8, 4) is 5.69 Å². The number of nitrogens with one attached hydrogen (secondary N) is 1. The number of carbonyl (C=O) groups excluding carboxylic acids is 3. The van der Waals surface area contributed by atoms with Gasteiger partial charge in [-0.05, 0) is 67.5 Å². The third-order valence-corrected chi connectivity index (χ3v) is 8.03. The second-order valence-electron chi connectivity index (χ2n) is 12.2. The Labute approximate surface area is 266 Å². The second kappa shape index (κ2) is 15.7. The number of amides is 3. The van der Waals surface area contributed by atoms with Gasteiger partial charge in [0.15, 0.2) is 5.69 Å². The van der Waals surface area contributed by atoms with Gasteiger partial charge in [0.1, 0.15) is 0 Å². The van der Waals surface area contributed by atoms with E-state index in [-0.39, 0.29) is 36.5 Å². The van der Waals surface area contributed by atoms with Gasteiger partial charge in [0.05, 0.1) is 30.5 Å². The molecule has 0 unspecified atom stereocenters. The molecule has 0 radical (unpaired) electrons. The van der Waals surface area contributed by atoms with Crippen LogP contribution in [0.1, 0.15) is 91.0 Å². The van der Waals surface area contributed by atoms with E-state index in [1.807, 2.05) is 49.9 Å². The van der Waals surface area contributed by atoms with E-state index in [2.05, 4.69) is 19.2 Å². The maximum atomic E-state index is 14.4. The lowest BCUT2D eigenvalue weighted by Crippen LogP contribution is -2.46. The minimum absolute atomic E-state index is 0.134. The van der Waals surface area contributed by atoms with E-state index in [0.29, 0.717) is 48.8 Å². The third-order valence-electron chi connectivity index (χ3n) is 8.03. The zero-order valence-corrected chi connectivity index (χ0v) is 27.2. The molecule has 45 heavy (non-hydrogen) atoms. The van der Waals surface area contributed by atoms with Gasteiger partial charge in [-0.15, -0.1) is 0 Å². The van der Waals surface area contributed by atoms with Crippen LogP contribution in [0, 0.1) is 12.8 Å². The number of anilines is 1. The van der Waals surface area contributed by atoms with Gasteiger partial charge in [0, 0.05) is 31.0 Å². The van der Waals surface area contributed by atoms with Crippen LogP contribution in [0.5, 0.6) is 0 Å². The minimum Gasteiger partial charge on any atom is -0.449 e. The molecule has 0 saturated heterocycles. The fraction of sp³-hybridized carbons (Fsp3) is 0.486. The number of hydrogen-bond donors (Lipinski definition) is 2. The summed E-state index contributed by atoms with van der Waals surface area (Å²) in [6.45, 7) is 11.7. The van der Waals surface area contributed by atoms with Gasteiger partial charge in [-0.2, -0.15) is 5.10 Å². The molecular weight excluding hydrogens is 570 g/mol. The molecule has 2 N–H and O–H groups in total. The molecule has 242 valence electrons. The predicted octanol–water partition coefficient (Wildman–Crippen LogP) is 5.99. The number of carbonyl (C=O) groups is 3. The van der Waals surface area contributed by atoms with Crippen molar-refractivity contribution < 1.29 is 24.2 Å². The van der Waals surface area contributed by atoms with Crippen LogP contribution < -0.4 is 5.32 Å². The summed E-state index contributed by atoms with van der Waals surface area (Å²) in [4.78, 5) is 44.0. The van der Waals surface area contributed by atoms with E-state index in [4.69, 9.17) is 9.84 Å². The number of unbranched alkanes of at least 4 members (excludes halogenated alkanes) is 2. The zero-order chi connectivity index (χ0) is 32.5. The number of nitrogens with zero attached hydrogens (tertiary/aromatic N) is 4. The van der Waals surface area contributed by atoms with Crippen LogP contribution >= 0.6 is 0 Å². The first kappa shape index (κ1) is 33.7. The Balaban J connectivity index is 1.73. The molecule has 3 amide bonds. The van der Waals surface area contributed by atoms with E-state index in [9.17, 15) is 19.5 Å². The molecule has 2 aromatic carbocycles. The Bertz CT molecular complexity index is 1470. The molecule has 1 aliphatic heterocycles. The summed E-state index contributed by atoms with van der Waals surface area (Å²) < 4.78 is 6.92. The van der Waals surface area contributed by atoms with E-state index in [0.717, 1.165) is 36.8 Å². The number of rotatable bonds is 13. The minimum atomic E-state index is -0.614. The van der Waals surface area contributed by atoms with Crippen LogP contribution in [0.4, 0.5) is 10.5 Å². The van der Waals surface area contributed by atoms with Crippen LogP contribution in [0.25, 0.3) is 5.69 Å². The Morgan fingerprint density at radius 2 is 1.73 bits per heavy atom. The van der Waals surface area contributed by atoms with Crippen LogP contribution in [0.15, 0.2) is 48.5 Å². The van der Waals surface area contributed by atoms with Crippen molar-refractivity contribution in [2.75, 3.05) is 31.6 Å². The number of aromatic nitrogens is 2. The first-order valence-corrected chi connectivity index (χ1v) is 16.1. The number of benzene rings is 2. The first-order chi connectivity index (χ1) is 21.7. The van der Waals surface area contributed by atoms with E-state index >= 15 is 0 Å². The molecule has 1 aliphatic rings. The highest BCUT2D eigenvalue weighted by Gasteiger charge is 2.32. The summed E-state index contributed by atoms with van der Waals surface area (Å²) in [6, 6.07) is 14.3. The number of aliphatic hydroxyl groups excluding tert-OH is 1. The summed E-state index contributed by atoms with van der Waals surface area (Å²) in [7, 11) is 0. The van der Waals surface area contributed by atoms with Crippen molar-refractivity contribution in [2.45, 2.75) is 79.3 Å². The summed E-state index contributed by atoms with van der Waals surface area (Å²) in [5.74, 6) is -0.272. The normalized spacial score (nSPS) is 14.3. The Kier molecular flexibility index (Phi) is 11.8. The molecular formula is C35H47N5O5. The highest BCUT2D eigenvalue weighted by Crippen LogP contribution is 2.29. The van der Waals surface area contributed by atoms with Gasteiger partial charge < -0.3 is 19.6 Å². The van der Waals surface area contributed by atoms with Crippen LogP contribution in [0.2, 0.25) is 0 Å². The molecule has 10 nitrogen and oxygen atoms in total. The van der Waals surface area contributed by atoms with Crippen LogP contribution in [-0.2, 0) is 17.7 Å². The number of aliphatic hydroxyl groups is 1. The van der Waals surface area contributed by atoms with E-state index in [1.165, 1.54) is 0 Å². The lowest BCUT2D eigenvalue weighted by Gasteiger charge is -2.36. The smallest absolute Gasteiger partial charge is 0.411 e. The van der Waals surface area contributed by atoms with Crippen LogP contribution in [-0.4, -0.2) is 74.9 Å². The largest absolute Gasteiger partial charge is 0.449 e. The Hall–Kier alpha value is -4.18. The summed E-state index contributed by atoms with van der Waals surface area (Å²) in [5, 5.41) is 17.8. The second-order valence-corrected chi connectivity index (χ2v) is 12.2. The van der Waals surface area contributed by atoms with Gasteiger partial charge in [-0.1, -0.05) is 64.8 Å². The SMILES string of the molecule is CCCCN(CCCC)C(=O)c1cc(C)n(-c2ccc(NC(=O)OCC(C)C)cc2C(=O)N2Cc3ccccc3C[C@H]2CO)n1. The number of aryl methyl sites for hydroxylation is 1. The summed E-state index contributed by atoms with van der Waals surface area (Å²) >= 11 is 0. The molecule has 0 aliphatic carbocycles. The van der Waals surface area contributed by atoms with Gasteiger partial charge in [0.25, 0.3) is 11.8 Å². The van der Waals surface area contributed by atoms with E-state index in [1.54, 1.807) is 33.8 Å². The number of hydrogen-bond acceptors (Lipinski definition) is 6. The van der Waals surface area contributed by atoms with Gasteiger partial charge in [0.2, 0.25) is 0 Å². The zero-order valence-electron chi connectivity index (χ0n) is 27.2. The van der Waals surface area contributed by atoms with Gasteiger partial charge >= 0.3 is 6.09 Å². The van der Waals surface area contributed by atoms with Crippen LogP contribution in [0.3, 0.4) is 0 Å². The average molecular weight is 618 g/mol. The van der Waals surface area contributed by atoms with Gasteiger partial charge in [-0.25, -0.2) is 9.48 Å². The number of fused-ring (bicyclic) bond motifs is 1. The Morgan fingerprint density at radius 3 is 2.38 bits per heavy atom. The molecule has 2 heterocycles. The molecule has 0 saturated carbocycles. The highest BCUT2D eigenvalue weighted by atomic mass is 16.5. The summed E-state index contributed by atoms with van der Waals surface area (Å²) in [5.41, 5.74) is 4.28. The third kappa shape index (κ3) is 8.30. The molecule has 10 heteroatoms. The standard InChI is InChI=1S/C35H47N5O5/c1-6-8-16-38(17-9-7-2)34(43)31-18-25(5)40(37-31)32-15-14-28(36-35(44)45-23-24(3)4)20-30(32)33(42)39-21-27-13-11-10-12-26(27)19-29(39)22-41/h10-15,18,20,24,29,41H,6-9,16-17,19,21-23H2,1-5H3,(H,36,44)/t29-/m0/s1. The number of ether oxygens (including phenoxy) is 1. The van der Waals surface area contributed by atoms with E-state index < -0.39 is 12.1 Å². The van der Waals surface area contributed by atoms with Crippen molar-refractivity contribution in [1.82, 2.24) is 19.6 Å². The molecule has 4 rings (SSSR count). The molecule has 1 atom stereocenters. The fourth-order valence-corrected chi connectivity index (χ4v) is 5.51. The predicted molar refractivity (Wildman–Crippen MR) is 175 cm³/mol. The van der Waals surface area contributed by atoms with Gasteiger partial charge in [-0.3, -0.25) is 14.9 Å². The fourth-order valence-electron chi connectivity index (χ4n) is 5.51. The van der Waals surface area contributed by atoms with Crippen molar-refractivity contribution in [2.24, 2.45) is 5.92 Å². The molecule has 0 bridgehead atoms. The van der Waals surface area contributed by atoms with Crippen molar-refractivity contribution in [1.29, 1.82) is 0 Å². The maximum Gasteiger partial charge on any atom is 0.411 e. The molecule has 3 aromatic rings. The molecule has 1 aromatic heterocycles.